The molecule has 0 aromatic rings. The van der Waals surface area contributed by atoms with Crippen molar-refractivity contribution in [3.63, 3.8) is 0 Å². The van der Waals surface area contributed by atoms with Crippen LogP contribution in [0.2, 0.25) is 0 Å². The van der Waals surface area contributed by atoms with E-state index in [9.17, 15) is 22.8 Å². The van der Waals surface area contributed by atoms with Gasteiger partial charge in [-0.1, -0.05) is 0 Å². The van der Waals surface area contributed by atoms with Crippen LogP contribution in [0.4, 0.5) is 13.2 Å². The van der Waals surface area contributed by atoms with Crippen molar-refractivity contribution in [1.29, 1.82) is 0 Å². The number of alkyl halides is 4. The molecule has 1 heterocycles. The smallest absolute Gasteiger partial charge is 0.353 e. The van der Waals surface area contributed by atoms with E-state index in [2.05, 4.69) is 5.32 Å². The van der Waals surface area contributed by atoms with Crippen LogP contribution >= 0.6 is 11.6 Å². The number of hydrogen-bond acceptors (Lipinski definition) is 2. The summed E-state index contributed by atoms with van der Waals surface area (Å²) in [6.07, 6.45) is -3.98. The summed E-state index contributed by atoms with van der Waals surface area (Å²) >= 11 is 5.39. The number of likely N-dealkylation sites (tertiary alicyclic amines) is 1. The SMILES string of the molecule is O=C(CCCl)NC1CCN(C(=O)C(F)(F)F)CC1. The molecule has 104 valence electrons. The summed E-state index contributed by atoms with van der Waals surface area (Å²) in [6, 6.07) is -0.182. The Morgan fingerprint density at radius 2 is 1.83 bits per heavy atom. The van der Waals surface area contributed by atoms with Crippen molar-refractivity contribution in [3.05, 3.63) is 0 Å². The van der Waals surface area contributed by atoms with E-state index >= 15 is 0 Å². The first-order chi connectivity index (χ1) is 8.34. The standard InChI is InChI=1S/C10H14ClF3N2O2/c11-4-1-8(17)15-7-2-5-16(6-3-7)9(18)10(12,13)14/h7H,1-6H2,(H,15,17). The fraction of sp³-hybridized carbons (Fsp3) is 0.800. The summed E-state index contributed by atoms with van der Waals surface area (Å²) in [7, 11) is 0. The predicted molar refractivity (Wildman–Crippen MR) is 59.1 cm³/mol. The molecule has 1 aliphatic rings. The molecule has 1 aliphatic heterocycles. The number of nitrogens with one attached hydrogen (secondary N) is 1. The molecule has 1 rings (SSSR count). The largest absolute Gasteiger partial charge is 0.471 e. The first-order valence-corrected chi connectivity index (χ1v) is 6.09. The van der Waals surface area contributed by atoms with Crippen molar-refractivity contribution in [3.8, 4) is 0 Å². The highest BCUT2D eigenvalue weighted by Crippen LogP contribution is 2.21. The molecular weight excluding hydrogens is 273 g/mol. The van der Waals surface area contributed by atoms with Gasteiger partial charge in [-0.15, -0.1) is 11.6 Å². The lowest BCUT2D eigenvalue weighted by Gasteiger charge is -2.32. The summed E-state index contributed by atoms with van der Waals surface area (Å²) in [4.78, 5) is 22.9. The maximum absolute atomic E-state index is 12.2. The molecule has 1 N–H and O–H groups in total. The van der Waals surface area contributed by atoms with Crippen molar-refractivity contribution >= 4 is 23.4 Å². The average molecular weight is 287 g/mol. The lowest BCUT2D eigenvalue weighted by molar-refractivity contribution is -0.186. The summed E-state index contributed by atoms with van der Waals surface area (Å²) in [5.41, 5.74) is 0. The normalized spacial score (nSPS) is 17.7. The zero-order valence-corrected chi connectivity index (χ0v) is 10.4. The Balaban J connectivity index is 2.37. The van der Waals surface area contributed by atoms with Gasteiger partial charge in [-0.3, -0.25) is 9.59 Å². The van der Waals surface area contributed by atoms with Crippen molar-refractivity contribution in [2.45, 2.75) is 31.5 Å². The van der Waals surface area contributed by atoms with Crippen LogP contribution in [0.1, 0.15) is 19.3 Å². The van der Waals surface area contributed by atoms with E-state index in [0.717, 1.165) is 4.90 Å². The Morgan fingerprint density at radius 1 is 1.28 bits per heavy atom. The van der Waals surface area contributed by atoms with Gasteiger partial charge in [0, 0.05) is 31.4 Å². The summed E-state index contributed by atoms with van der Waals surface area (Å²) in [6.45, 7) is 0.00826. The zero-order chi connectivity index (χ0) is 13.8. The Bertz CT molecular complexity index is 315. The summed E-state index contributed by atoms with van der Waals surface area (Å²) in [5, 5.41) is 2.68. The molecule has 8 heteroatoms. The van der Waals surface area contributed by atoms with Gasteiger partial charge >= 0.3 is 12.1 Å². The lowest BCUT2D eigenvalue weighted by Crippen LogP contribution is -2.50. The highest BCUT2D eigenvalue weighted by atomic mass is 35.5. The van der Waals surface area contributed by atoms with Gasteiger partial charge in [-0.25, -0.2) is 0 Å². The lowest BCUT2D eigenvalue weighted by atomic mass is 10.0. The van der Waals surface area contributed by atoms with Gasteiger partial charge in [0.2, 0.25) is 5.91 Å². The maximum Gasteiger partial charge on any atom is 0.471 e. The molecule has 0 aromatic heterocycles. The fourth-order valence-corrected chi connectivity index (χ4v) is 1.96. The molecule has 0 radical (unpaired) electrons. The number of piperidine rings is 1. The van der Waals surface area contributed by atoms with E-state index in [1.54, 1.807) is 0 Å². The van der Waals surface area contributed by atoms with Gasteiger partial charge in [-0.2, -0.15) is 13.2 Å². The van der Waals surface area contributed by atoms with Crippen molar-refractivity contribution in [2.75, 3.05) is 19.0 Å². The van der Waals surface area contributed by atoms with Crippen molar-refractivity contribution in [1.82, 2.24) is 10.2 Å². The van der Waals surface area contributed by atoms with E-state index in [1.165, 1.54) is 0 Å². The molecule has 0 saturated carbocycles. The quantitative estimate of drug-likeness (QED) is 0.795. The molecule has 1 fully saturated rings. The van der Waals surface area contributed by atoms with Gasteiger partial charge in [0.25, 0.3) is 0 Å². The minimum absolute atomic E-state index is 0.00413. The Labute approximate surface area is 107 Å². The van der Waals surface area contributed by atoms with Gasteiger partial charge in [-0.05, 0) is 12.8 Å². The molecule has 0 unspecified atom stereocenters. The highest BCUT2D eigenvalue weighted by molar-refractivity contribution is 6.18. The van der Waals surface area contributed by atoms with E-state index < -0.39 is 12.1 Å². The molecule has 0 atom stereocenters. The number of nitrogens with zero attached hydrogens (tertiary/aromatic N) is 1. The van der Waals surface area contributed by atoms with Gasteiger partial charge < -0.3 is 10.2 Å². The number of amides is 2. The zero-order valence-electron chi connectivity index (χ0n) is 9.60. The van der Waals surface area contributed by atoms with Crippen LogP contribution in [0.5, 0.6) is 0 Å². The third kappa shape index (κ3) is 4.36. The van der Waals surface area contributed by atoms with E-state index in [-0.39, 0.29) is 37.3 Å². The Hall–Kier alpha value is -0.980. The molecule has 1 saturated heterocycles. The van der Waals surface area contributed by atoms with Crippen molar-refractivity contribution < 1.29 is 22.8 Å². The third-order valence-corrected chi connectivity index (χ3v) is 2.90. The number of hydrogen-bond donors (Lipinski definition) is 1. The second-order valence-corrected chi connectivity index (χ2v) is 4.45. The fourth-order valence-electron chi connectivity index (χ4n) is 1.79. The molecule has 0 aromatic carbocycles. The predicted octanol–water partition coefficient (Wildman–Crippen LogP) is 1.28. The second-order valence-electron chi connectivity index (χ2n) is 4.07. The van der Waals surface area contributed by atoms with Crippen LogP contribution in [0, 0.1) is 0 Å². The van der Waals surface area contributed by atoms with Crippen LogP contribution < -0.4 is 5.32 Å². The number of halogens is 4. The third-order valence-electron chi connectivity index (χ3n) is 2.71. The highest BCUT2D eigenvalue weighted by Gasteiger charge is 2.43. The molecule has 0 spiro atoms. The topological polar surface area (TPSA) is 49.4 Å². The number of carbonyl (C=O) groups excluding carboxylic acids is 2. The first-order valence-electron chi connectivity index (χ1n) is 5.56. The number of carbonyl (C=O) groups is 2. The Morgan fingerprint density at radius 3 is 2.28 bits per heavy atom. The average Bonchev–Trinajstić information content (AvgIpc) is 2.28. The van der Waals surface area contributed by atoms with E-state index in [1.807, 2.05) is 0 Å². The van der Waals surface area contributed by atoms with Crippen LogP contribution in [-0.4, -0.2) is 47.9 Å². The molecule has 0 aliphatic carbocycles. The van der Waals surface area contributed by atoms with E-state index in [0.29, 0.717) is 12.8 Å². The first kappa shape index (κ1) is 15.1. The summed E-state index contributed by atoms with van der Waals surface area (Å²) < 4.78 is 36.5. The molecule has 0 bridgehead atoms. The summed E-state index contributed by atoms with van der Waals surface area (Å²) in [5.74, 6) is -1.82. The maximum atomic E-state index is 12.2. The second kappa shape index (κ2) is 6.26. The van der Waals surface area contributed by atoms with Gasteiger partial charge in [0.15, 0.2) is 0 Å². The van der Waals surface area contributed by atoms with Gasteiger partial charge in [0.05, 0.1) is 0 Å². The van der Waals surface area contributed by atoms with Crippen LogP contribution in [0.3, 0.4) is 0 Å². The van der Waals surface area contributed by atoms with Crippen LogP contribution in [0.25, 0.3) is 0 Å². The number of rotatable bonds is 3. The monoisotopic (exact) mass is 286 g/mol. The van der Waals surface area contributed by atoms with Crippen LogP contribution in [-0.2, 0) is 9.59 Å². The molecule has 18 heavy (non-hydrogen) atoms. The molecule has 4 nitrogen and oxygen atoms in total. The van der Waals surface area contributed by atoms with E-state index in [4.69, 9.17) is 11.6 Å². The molecule has 2 amide bonds. The van der Waals surface area contributed by atoms with Crippen LogP contribution in [0.15, 0.2) is 0 Å². The van der Waals surface area contributed by atoms with Crippen molar-refractivity contribution in [2.24, 2.45) is 0 Å². The van der Waals surface area contributed by atoms with Gasteiger partial charge in [0.1, 0.15) is 0 Å². The minimum Gasteiger partial charge on any atom is -0.353 e. The molecular formula is C10H14ClF3N2O2. The minimum atomic E-state index is -4.82. The Kier molecular flexibility index (Phi) is 5.25.